The molecule has 0 saturated carbocycles. The van der Waals surface area contributed by atoms with Gasteiger partial charge >= 0.3 is 6.03 Å². The van der Waals surface area contributed by atoms with E-state index in [1.165, 1.54) is 10.9 Å². The molecule has 2 aromatic rings. The topological polar surface area (TPSA) is 68.4 Å². The number of rotatable bonds is 3. The minimum Gasteiger partial charge on any atom is -0.377 e. The molecule has 2 amide bonds. The van der Waals surface area contributed by atoms with Crippen molar-refractivity contribution < 1.29 is 9.90 Å². The Hall–Kier alpha value is -2.45. The van der Waals surface area contributed by atoms with Crippen LogP contribution in [0.5, 0.6) is 0 Å². The maximum atomic E-state index is 12.2. The van der Waals surface area contributed by atoms with Gasteiger partial charge in [-0.1, -0.05) is 24.1 Å². The number of aromatic nitrogens is 1. The van der Waals surface area contributed by atoms with Crippen molar-refractivity contribution in [1.29, 1.82) is 0 Å². The SMILES string of the molecule is C#CC1(O)CCN(C(=O)NCCc2c(C)[nH]c3ccccc23)CC1. The van der Waals surface area contributed by atoms with E-state index in [9.17, 15) is 9.90 Å². The van der Waals surface area contributed by atoms with E-state index in [0.717, 1.165) is 17.6 Å². The lowest BCUT2D eigenvalue weighted by Gasteiger charge is -2.34. The molecule has 1 aromatic heterocycles. The van der Waals surface area contributed by atoms with Crippen LogP contribution in [0.15, 0.2) is 24.3 Å². The highest BCUT2D eigenvalue weighted by Crippen LogP contribution is 2.22. The quantitative estimate of drug-likeness (QED) is 0.757. The number of H-pyrrole nitrogens is 1. The second kappa shape index (κ2) is 6.58. The van der Waals surface area contributed by atoms with Gasteiger partial charge in [0.25, 0.3) is 0 Å². The third-order valence-corrected chi connectivity index (χ3v) is 4.82. The number of carbonyl (C=O) groups excluding carboxylic acids is 1. The Morgan fingerprint density at radius 3 is 2.83 bits per heavy atom. The number of likely N-dealkylation sites (tertiary alicyclic amines) is 1. The first kappa shape index (κ1) is 16.4. The van der Waals surface area contributed by atoms with E-state index < -0.39 is 5.60 Å². The number of terminal acetylenes is 1. The summed E-state index contributed by atoms with van der Waals surface area (Å²) in [5.74, 6) is 2.42. The van der Waals surface area contributed by atoms with Gasteiger partial charge in [0.1, 0.15) is 5.60 Å². The second-order valence-corrected chi connectivity index (χ2v) is 6.42. The van der Waals surface area contributed by atoms with Gasteiger partial charge in [0.05, 0.1) is 0 Å². The largest absolute Gasteiger partial charge is 0.377 e. The van der Waals surface area contributed by atoms with Crippen LogP contribution in [0.1, 0.15) is 24.1 Å². The van der Waals surface area contributed by atoms with Crippen molar-refractivity contribution in [3.05, 3.63) is 35.5 Å². The van der Waals surface area contributed by atoms with Crippen LogP contribution in [-0.4, -0.2) is 46.3 Å². The van der Waals surface area contributed by atoms with Crippen molar-refractivity contribution in [2.75, 3.05) is 19.6 Å². The fourth-order valence-electron chi connectivity index (χ4n) is 3.29. The smallest absolute Gasteiger partial charge is 0.317 e. The molecular weight excluding hydrogens is 302 g/mol. The Morgan fingerprint density at radius 2 is 2.12 bits per heavy atom. The molecule has 0 atom stereocenters. The van der Waals surface area contributed by atoms with E-state index in [1.54, 1.807) is 4.90 Å². The van der Waals surface area contributed by atoms with E-state index in [1.807, 2.05) is 12.1 Å². The van der Waals surface area contributed by atoms with Gasteiger partial charge in [-0.2, -0.15) is 0 Å². The molecule has 1 aliphatic heterocycles. The summed E-state index contributed by atoms with van der Waals surface area (Å²) in [6.07, 6.45) is 6.97. The molecule has 1 saturated heterocycles. The standard InChI is InChI=1S/C19H23N3O2/c1-3-19(24)9-12-22(13-10-19)18(23)20-11-8-15-14(2)21-17-7-5-4-6-16(15)17/h1,4-7,21,24H,8-13H2,2H3,(H,20,23). The first-order valence-electron chi connectivity index (χ1n) is 8.31. The third-order valence-electron chi connectivity index (χ3n) is 4.82. The fraction of sp³-hybridized carbons (Fsp3) is 0.421. The van der Waals surface area contributed by atoms with Gasteiger partial charge in [0, 0.05) is 49.1 Å². The number of benzene rings is 1. The molecule has 2 heterocycles. The van der Waals surface area contributed by atoms with Crippen LogP contribution in [0.3, 0.4) is 0 Å². The number of hydrogen-bond donors (Lipinski definition) is 3. The molecule has 1 fully saturated rings. The van der Waals surface area contributed by atoms with E-state index in [2.05, 4.69) is 35.3 Å². The average Bonchev–Trinajstić information content (AvgIpc) is 2.91. The van der Waals surface area contributed by atoms with Crippen molar-refractivity contribution in [2.24, 2.45) is 0 Å². The summed E-state index contributed by atoms with van der Waals surface area (Å²) in [7, 11) is 0. The number of carbonyl (C=O) groups is 1. The zero-order valence-corrected chi connectivity index (χ0v) is 13.9. The highest BCUT2D eigenvalue weighted by molar-refractivity contribution is 5.84. The molecular formula is C19H23N3O2. The molecule has 3 rings (SSSR count). The average molecular weight is 325 g/mol. The molecule has 0 aliphatic carbocycles. The number of para-hydroxylation sites is 1. The summed E-state index contributed by atoms with van der Waals surface area (Å²) < 4.78 is 0. The van der Waals surface area contributed by atoms with Crippen molar-refractivity contribution in [1.82, 2.24) is 15.2 Å². The number of amides is 2. The lowest BCUT2D eigenvalue weighted by molar-refractivity contribution is 0.0380. The van der Waals surface area contributed by atoms with E-state index in [-0.39, 0.29) is 6.03 Å². The molecule has 0 radical (unpaired) electrons. The van der Waals surface area contributed by atoms with Crippen LogP contribution in [0, 0.1) is 19.3 Å². The van der Waals surface area contributed by atoms with Crippen molar-refractivity contribution in [3.8, 4) is 12.3 Å². The van der Waals surface area contributed by atoms with Gasteiger partial charge in [-0.05, 0) is 25.0 Å². The number of hydrogen-bond acceptors (Lipinski definition) is 2. The molecule has 126 valence electrons. The fourth-order valence-corrected chi connectivity index (χ4v) is 3.29. The number of nitrogens with zero attached hydrogens (tertiary/aromatic N) is 1. The van der Waals surface area contributed by atoms with Crippen LogP contribution < -0.4 is 5.32 Å². The van der Waals surface area contributed by atoms with Crippen molar-refractivity contribution in [3.63, 3.8) is 0 Å². The first-order chi connectivity index (χ1) is 11.5. The maximum Gasteiger partial charge on any atom is 0.317 e. The molecule has 1 aromatic carbocycles. The number of aromatic amines is 1. The molecule has 0 spiro atoms. The Labute approximate surface area is 142 Å². The van der Waals surface area contributed by atoms with Gasteiger partial charge in [-0.25, -0.2) is 4.79 Å². The van der Waals surface area contributed by atoms with Crippen molar-refractivity contribution >= 4 is 16.9 Å². The Bertz CT molecular complexity index is 779. The van der Waals surface area contributed by atoms with Crippen molar-refractivity contribution in [2.45, 2.75) is 31.8 Å². The summed E-state index contributed by atoms with van der Waals surface area (Å²) in [6.45, 7) is 3.61. The van der Waals surface area contributed by atoms with Gasteiger partial charge in [0.15, 0.2) is 0 Å². The number of nitrogens with one attached hydrogen (secondary N) is 2. The van der Waals surface area contributed by atoms with Gasteiger partial charge in [-0.15, -0.1) is 6.42 Å². The van der Waals surface area contributed by atoms with Gasteiger partial charge in [-0.3, -0.25) is 0 Å². The Morgan fingerprint density at radius 1 is 1.42 bits per heavy atom. The normalized spacial score (nSPS) is 16.8. The number of piperidine rings is 1. The highest BCUT2D eigenvalue weighted by Gasteiger charge is 2.31. The molecule has 0 bridgehead atoms. The van der Waals surface area contributed by atoms with E-state index >= 15 is 0 Å². The minimum atomic E-state index is -1.06. The zero-order chi connectivity index (χ0) is 17.2. The summed E-state index contributed by atoms with van der Waals surface area (Å²) >= 11 is 0. The predicted molar refractivity (Wildman–Crippen MR) is 94.7 cm³/mol. The number of aliphatic hydroxyl groups is 1. The zero-order valence-electron chi connectivity index (χ0n) is 13.9. The number of fused-ring (bicyclic) bond motifs is 1. The molecule has 3 N–H and O–H groups in total. The lowest BCUT2D eigenvalue weighted by atomic mass is 9.93. The molecule has 0 unspecified atom stereocenters. The molecule has 5 heteroatoms. The molecule has 24 heavy (non-hydrogen) atoms. The monoisotopic (exact) mass is 325 g/mol. The van der Waals surface area contributed by atoms with Crippen LogP contribution >= 0.6 is 0 Å². The summed E-state index contributed by atoms with van der Waals surface area (Å²) in [6, 6.07) is 8.10. The summed E-state index contributed by atoms with van der Waals surface area (Å²) in [5.41, 5.74) is 2.45. The molecule has 1 aliphatic rings. The van der Waals surface area contributed by atoms with E-state index in [4.69, 9.17) is 6.42 Å². The number of urea groups is 1. The van der Waals surface area contributed by atoms with Crippen LogP contribution in [-0.2, 0) is 6.42 Å². The third kappa shape index (κ3) is 3.24. The maximum absolute atomic E-state index is 12.2. The van der Waals surface area contributed by atoms with Gasteiger partial charge in [0.2, 0.25) is 0 Å². The first-order valence-corrected chi connectivity index (χ1v) is 8.31. The van der Waals surface area contributed by atoms with Crippen LogP contribution in [0.2, 0.25) is 0 Å². The Kier molecular flexibility index (Phi) is 4.50. The van der Waals surface area contributed by atoms with Gasteiger partial charge < -0.3 is 20.3 Å². The van der Waals surface area contributed by atoms with E-state index in [0.29, 0.717) is 32.5 Å². The summed E-state index contributed by atoms with van der Waals surface area (Å²) in [4.78, 5) is 17.3. The summed E-state index contributed by atoms with van der Waals surface area (Å²) in [5, 5.41) is 14.2. The highest BCUT2D eigenvalue weighted by atomic mass is 16.3. The van der Waals surface area contributed by atoms with Crippen LogP contribution in [0.25, 0.3) is 10.9 Å². The minimum absolute atomic E-state index is 0.0911. The predicted octanol–water partition coefficient (Wildman–Crippen LogP) is 2.19. The lowest BCUT2D eigenvalue weighted by Crippen LogP contribution is -2.49. The second-order valence-electron chi connectivity index (χ2n) is 6.42. The van der Waals surface area contributed by atoms with Crippen LogP contribution in [0.4, 0.5) is 4.79 Å². The Balaban J connectivity index is 1.54. The number of aryl methyl sites for hydroxylation is 1. The molecule has 5 nitrogen and oxygen atoms in total.